The van der Waals surface area contributed by atoms with Crippen molar-refractivity contribution in [2.75, 3.05) is 13.2 Å². The first kappa shape index (κ1) is 25.2. The molecular weight excluding hydrogens is 442 g/mol. The number of carbonyl (C=O) groups is 2. The van der Waals surface area contributed by atoms with Gasteiger partial charge in [-0.2, -0.15) is 0 Å². The molecule has 7 heteroatoms. The van der Waals surface area contributed by atoms with Crippen LogP contribution in [0.25, 0.3) is 0 Å². The third-order valence-electron chi connectivity index (χ3n) is 6.99. The predicted molar refractivity (Wildman–Crippen MR) is 136 cm³/mol. The molecule has 1 saturated carbocycles. The van der Waals surface area contributed by atoms with Gasteiger partial charge >= 0.3 is 0 Å². The van der Waals surface area contributed by atoms with Crippen LogP contribution in [0.1, 0.15) is 84.1 Å². The Hall–Kier alpha value is -2.93. The van der Waals surface area contributed by atoms with Crippen molar-refractivity contribution in [3.63, 3.8) is 0 Å². The average molecular weight is 480 g/mol. The zero-order valence-electron chi connectivity index (χ0n) is 20.5. The van der Waals surface area contributed by atoms with Crippen molar-refractivity contribution in [1.29, 1.82) is 0 Å². The standard InChI is InChI=1S/C28H37N3O4/c32-26-24(27(33)29-16-15-21-10-5-4-6-11-21)19-31(18-23-14-9-17-35-23)20-25(26)28(34)30-22-12-7-2-1-3-8-13-22/h4-6,10-11,19-20,22-23H,1-3,7-9,12-18H2,(H,29,33)(H,30,34)/t23-/m1/s1. The number of nitrogens with zero attached hydrogens (tertiary/aromatic N) is 1. The fourth-order valence-electron chi connectivity index (χ4n) is 5.01. The van der Waals surface area contributed by atoms with E-state index >= 15 is 0 Å². The smallest absolute Gasteiger partial charge is 0.256 e. The van der Waals surface area contributed by atoms with Crippen molar-refractivity contribution in [2.24, 2.45) is 0 Å². The molecule has 1 saturated heterocycles. The highest BCUT2D eigenvalue weighted by Crippen LogP contribution is 2.18. The Morgan fingerprint density at radius 2 is 1.57 bits per heavy atom. The van der Waals surface area contributed by atoms with E-state index < -0.39 is 11.3 Å². The van der Waals surface area contributed by atoms with Crippen molar-refractivity contribution < 1.29 is 14.3 Å². The molecule has 1 aromatic heterocycles. The number of nitrogens with one attached hydrogen (secondary N) is 2. The highest BCUT2D eigenvalue weighted by atomic mass is 16.5. The third kappa shape index (κ3) is 7.28. The van der Waals surface area contributed by atoms with E-state index in [0.29, 0.717) is 26.1 Å². The van der Waals surface area contributed by atoms with E-state index in [9.17, 15) is 14.4 Å². The summed E-state index contributed by atoms with van der Waals surface area (Å²) in [5, 5.41) is 5.94. The van der Waals surface area contributed by atoms with Crippen LogP contribution in [0.2, 0.25) is 0 Å². The van der Waals surface area contributed by atoms with Crippen molar-refractivity contribution in [2.45, 2.75) is 82.9 Å². The van der Waals surface area contributed by atoms with Crippen LogP contribution in [0.15, 0.2) is 47.5 Å². The maximum atomic E-state index is 13.3. The number of pyridine rings is 1. The van der Waals surface area contributed by atoms with Gasteiger partial charge in [0.25, 0.3) is 11.8 Å². The van der Waals surface area contributed by atoms with Crippen LogP contribution in [0.4, 0.5) is 0 Å². The molecule has 188 valence electrons. The molecule has 4 rings (SSSR count). The minimum absolute atomic E-state index is 0.00127. The Morgan fingerprint density at radius 1 is 0.886 bits per heavy atom. The van der Waals surface area contributed by atoms with Gasteiger partial charge in [-0.3, -0.25) is 14.4 Å². The molecule has 35 heavy (non-hydrogen) atoms. The fraction of sp³-hybridized carbons (Fsp3) is 0.536. The number of benzene rings is 1. The minimum Gasteiger partial charge on any atom is -0.376 e. The molecular formula is C28H37N3O4. The van der Waals surface area contributed by atoms with Crippen molar-refractivity contribution in [1.82, 2.24) is 15.2 Å². The van der Waals surface area contributed by atoms with Gasteiger partial charge < -0.3 is 19.9 Å². The number of carbonyl (C=O) groups excluding carboxylic acids is 2. The molecule has 0 bridgehead atoms. The summed E-state index contributed by atoms with van der Waals surface area (Å²) in [6.07, 6.45) is 13.4. The van der Waals surface area contributed by atoms with Crippen LogP contribution < -0.4 is 16.1 Å². The van der Waals surface area contributed by atoms with E-state index in [1.54, 1.807) is 17.0 Å². The summed E-state index contributed by atoms with van der Waals surface area (Å²) in [4.78, 5) is 39.5. The van der Waals surface area contributed by atoms with Gasteiger partial charge in [0.05, 0.1) is 6.10 Å². The summed E-state index contributed by atoms with van der Waals surface area (Å²) in [5.74, 6) is -0.840. The first-order valence-electron chi connectivity index (χ1n) is 13.1. The highest BCUT2D eigenvalue weighted by molar-refractivity contribution is 5.99. The second-order valence-corrected chi connectivity index (χ2v) is 9.75. The molecule has 1 aliphatic heterocycles. The van der Waals surface area contributed by atoms with Gasteiger partial charge in [0.15, 0.2) is 0 Å². The molecule has 2 heterocycles. The molecule has 1 aromatic carbocycles. The van der Waals surface area contributed by atoms with Crippen molar-refractivity contribution in [3.8, 4) is 0 Å². The Labute approximate surface area is 207 Å². The van der Waals surface area contributed by atoms with Gasteiger partial charge in [0.1, 0.15) is 11.1 Å². The molecule has 7 nitrogen and oxygen atoms in total. The Kier molecular flexibility index (Phi) is 9.12. The quantitative estimate of drug-likeness (QED) is 0.602. The lowest BCUT2D eigenvalue weighted by Crippen LogP contribution is -2.40. The van der Waals surface area contributed by atoms with Gasteiger partial charge in [0, 0.05) is 38.1 Å². The lowest BCUT2D eigenvalue weighted by molar-refractivity contribution is 0.0914. The van der Waals surface area contributed by atoms with Crippen LogP contribution in [-0.2, 0) is 17.7 Å². The van der Waals surface area contributed by atoms with Gasteiger partial charge in [-0.15, -0.1) is 0 Å². The van der Waals surface area contributed by atoms with E-state index in [-0.39, 0.29) is 29.2 Å². The molecule has 2 fully saturated rings. The van der Waals surface area contributed by atoms with Gasteiger partial charge in [-0.1, -0.05) is 62.4 Å². The van der Waals surface area contributed by atoms with Gasteiger partial charge in [-0.25, -0.2) is 0 Å². The van der Waals surface area contributed by atoms with E-state index in [2.05, 4.69) is 10.6 Å². The number of aromatic nitrogens is 1. The first-order chi connectivity index (χ1) is 17.1. The minimum atomic E-state index is -0.519. The number of amides is 2. The van der Waals surface area contributed by atoms with Gasteiger partial charge in [0.2, 0.25) is 5.43 Å². The molecule has 1 atom stereocenters. The number of ether oxygens (including phenoxy) is 1. The van der Waals surface area contributed by atoms with Crippen LogP contribution in [0.3, 0.4) is 0 Å². The van der Waals surface area contributed by atoms with Crippen LogP contribution in [-0.4, -0.2) is 41.7 Å². The Morgan fingerprint density at radius 3 is 2.26 bits per heavy atom. The molecule has 2 N–H and O–H groups in total. The lowest BCUT2D eigenvalue weighted by atomic mass is 9.96. The largest absolute Gasteiger partial charge is 0.376 e. The number of hydrogen-bond donors (Lipinski definition) is 2. The normalized spacial score (nSPS) is 19.0. The van der Waals surface area contributed by atoms with Crippen molar-refractivity contribution >= 4 is 11.8 Å². The van der Waals surface area contributed by atoms with Crippen LogP contribution in [0, 0.1) is 0 Å². The Balaban J connectivity index is 1.51. The molecule has 0 spiro atoms. The van der Waals surface area contributed by atoms with E-state index in [1.165, 1.54) is 19.3 Å². The van der Waals surface area contributed by atoms with E-state index in [1.807, 2.05) is 30.3 Å². The third-order valence-corrected chi connectivity index (χ3v) is 6.99. The topological polar surface area (TPSA) is 89.4 Å². The van der Waals surface area contributed by atoms with Crippen LogP contribution in [0.5, 0.6) is 0 Å². The Bertz CT molecular complexity index is 1040. The van der Waals surface area contributed by atoms with Crippen LogP contribution >= 0.6 is 0 Å². The summed E-state index contributed by atoms with van der Waals surface area (Å²) < 4.78 is 7.52. The number of rotatable bonds is 8. The molecule has 0 unspecified atom stereocenters. The maximum Gasteiger partial charge on any atom is 0.256 e. The fourth-order valence-corrected chi connectivity index (χ4v) is 5.01. The highest BCUT2D eigenvalue weighted by Gasteiger charge is 2.23. The first-order valence-corrected chi connectivity index (χ1v) is 13.1. The zero-order chi connectivity index (χ0) is 24.5. The summed E-state index contributed by atoms with van der Waals surface area (Å²) >= 11 is 0. The summed E-state index contributed by atoms with van der Waals surface area (Å²) in [6.45, 7) is 1.63. The predicted octanol–water partition coefficient (Wildman–Crippen LogP) is 3.84. The SMILES string of the molecule is O=C(NCCc1ccccc1)c1cn(C[C@H]2CCCO2)cc(C(=O)NC2CCCCCCC2)c1=O. The average Bonchev–Trinajstić information content (AvgIpc) is 3.35. The summed E-state index contributed by atoms with van der Waals surface area (Å²) in [5.41, 5.74) is 0.618. The van der Waals surface area contributed by atoms with Gasteiger partial charge in [-0.05, 0) is 37.7 Å². The van der Waals surface area contributed by atoms with E-state index in [0.717, 1.165) is 44.1 Å². The molecule has 1 aliphatic carbocycles. The summed E-state index contributed by atoms with van der Waals surface area (Å²) in [7, 11) is 0. The molecule has 0 radical (unpaired) electrons. The monoisotopic (exact) mass is 479 g/mol. The summed E-state index contributed by atoms with van der Waals surface area (Å²) in [6, 6.07) is 9.93. The molecule has 2 aliphatic rings. The molecule has 2 aromatic rings. The van der Waals surface area contributed by atoms with E-state index in [4.69, 9.17) is 4.74 Å². The number of hydrogen-bond acceptors (Lipinski definition) is 4. The lowest BCUT2D eigenvalue weighted by Gasteiger charge is -2.21. The second kappa shape index (κ2) is 12.7. The van der Waals surface area contributed by atoms with Crippen molar-refractivity contribution in [3.05, 3.63) is 69.6 Å². The second-order valence-electron chi connectivity index (χ2n) is 9.75. The zero-order valence-corrected chi connectivity index (χ0v) is 20.5. The molecule has 2 amide bonds. The maximum absolute atomic E-state index is 13.3.